The topological polar surface area (TPSA) is 149 Å². The first-order chi connectivity index (χ1) is 15.0. The van der Waals surface area contributed by atoms with Crippen molar-refractivity contribution in [2.45, 2.75) is 77.9 Å². The van der Waals surface area contributed by atoms with Crippen LogP contribution in [0.1, 0.15) is 74.4 Å². The number of carboxylic acids is 1. The van der Waals surface area contributed by atoms with Crippen molar-refractivity contribution < 1.29 is 54.0 Å². The molecule has 35 heavy (non-hydrogen) atoms. The van der Waals surface area contributed by atoms with E-state index in [0.717, 1.165) is 36.8 Å². The Morgan fingerprint density at radius 2 is 1.71 bits per heavy atom. The Hall–Kier alpha value is -2.05. The van der Waals surface area contributed by atoms with Crippen LogP contribution in [0.4, 0.5) is 4.79 Å². The van der Waals surface area contributed by atoms with Crippen LogP contribution in [0.3, 0.4) is 0 Å². The summed E-state index contributed by atoms with van der Waals surface area (Å²) in [7, 11) is 0. The predicted molar refractivity (Wildman–Crippen MR) is 127 cm³/mol. The number of aromatic carboxylic acids is 1. The minimum atomic E-state index is -0.939. The van der Waals surface area contributed by atoms with Crippen LogP contribution in [0.5, 0.6) is 0 Å². The maximum Gasteiger partial charge on any atom is 1.00 e. The second kappa shape index (κ2) is 13.9. The molecular formula is C25H39LiN2O7. The van der Waals surface area contributed by atoms with Crippen molar-refractivity contribution in [3.05, 3.63) is 34.9 Å². The first-order valence-corrected chi connectivity index (χ1v) is 11.6. The van der Waals surface area contributed by atoms with Gasteiger partial charge in [0.15, 0.2) is 0 Å². The van der Waals surface area contributed by atoms with Gasteiger partial charge in [-0.3, -0.25) is 4.79 Å². The van der Waals surface area contributed by atoms with Gasteiger partial charge in [-0.1, -0.05) is 6.07 Å². The average molecular weight is 487 g/mol. The molecule has 1 heterocycles. The van der Waals surface area contributed by atoms with Gasteiger partial charge in [0.25, 0.3) is 0 Å². The number of piperidine rings is 1. The molecule has 1 saturated carbocycles. The van der Waals surface area contributed by atoms with Gasteiger partial charge >= 0.3 is 30.9 Å². The van der Waals surface area contributed by atoms with E-state index >= 15 is 0 Å². The summed E-state index contributed by atoms with van der Waals surface area (Å²) < 4.78 is 5.60. The standard InChI is InChI=1S/C25H36N2O5.Li.2H2O/c1-17-15-20(23(29)30)6-5-19(17)7-10-22(28)26-13-11-18(12-14-26)16-27(21-8-9-21)24(31)32-25(2,3)4;;;/h5-6,15,18,21H,7-14,16H2,1-4H3,(H,29,30);;2*1H2/q;+1;;/p-1. The summed E-state index contributed by atoms with van der Waals surface area (Å²) in [6, 6.07) is 5.36. The Bertz CT molecular complexity index is 860. The molecule has 1 aliphatic carbocycles. The molecule has 1 aliphatic heterocycles. The van der Waals surface area contributed by atoms with E-state index in [-0.39, 0.29) is 47.4 Å². The first kappa shape index (κ1) is 32.9. The van der Waals surface area contributed by atoms with Gasteiger partial charge in [0.05, 0.1) is 5.56 Å². The monoisotopic (exact) mass is 486 g/mol. The van der Waals surface area contributed by atoms with Crippen LogP contribution in [0.2, 0.25) is 0 Å². The number of benzene rings is 1. The Balaban J connectivity index is 0.00000385. The van der Waals surface area contributed by atoms with Crippen LogP contribution >= 0.6 is 0 Å². The van der Waals surface area contributed by atoms with Crippen LogP contribution < -0.4 is 18.9 Å². The van der Waals surface area contributed by atoms with E-state index < -0.39 is 11.6 Å². The van der Waals surface area contributed by atoms with Gasteiger partial charge in [-0.25, -0.2) is 9.59 Å². The second-order valence-electron chi connectivity index (χ2n) is 10.1. The van der Waals surface area contributed by atoms with Gasteiger partial charge in [-0.05, 0) is 89.0 Å². The number of carbonyl (C=O) groups is 3. The summed E-state index contributed by atoms with van der Waals surface area (Å²) in [6.45, 7) is 9.69. The smallest absolute Gasteiger partial charge is 0.870 e. The summed E-state index contributed by atoms with van der Waals surface area (Å²) in [5.74, 6) is -0.417. The number of aryl methyl sites for hydroxylation is 2. The molecule has 10 heteroatoms. The zero-order chi connectivity index (χ0) is 23.5. The zero-order valence-corrected chi connectivity index (χ0v) is 21.7. The number of rotatable bonds is 7. The molecule has 4 N–H and O–H groups in total. The first-order valence-electron chi connectivity index (χ1n) is 11.6. The van der Waals surface area contributed by atoms with Crippen LogP contribution in [0.15, 0.2) is 18.2 Å². The fourth-order valence-electron chi connectivity index (χ4n) is 4.23. The summed E-state index contributed by atoms with van der Waals surface area (Å²) in [4.78, 5) is 40.2. The van der Waals surface area contributed by atoms with E-state index in [0.29, 0.717) is 44.4 Å². The minimum Gasteiger partial charge on any atom is -0.870 e. The number of hydrogen-bond acceptors (Lipinski definition) is 5. The molecule has 0 unspecified atom stereocenters. The largest absolute Gasteiger partial charge is 1.00 e. The zero-order valence-electron chi connectivity index (χ0n) is 21.7. The van der Waals surface area contributed by atoms with Crippen LogP contribution in [-0.2, 0) is 16.0 Å². The molecule has 0 aromatic heterocycles. The molecule has 0 atom stereocenters. The fourth-order valence-corrected chi connectivity index (χ4v) is 4.23. The third-order valence-electron chi connectivity index (χ3n) is 6.24. The Morgan fingerprint density at radius 1 is 1.11 bits per heavy atom. The van der Waals surface area contributed by atoms with E-state index in [1.807, 2.05) is 37.5 Å². The van der Waals surface area contributed by atoms with E-state index in [2.05, 4.69) is 0 Å². The molecule has 2 amide bonds. The number of amides is 2. The Labute approximate surface area is 220 Å². The number of likely N-dealkylation sites (tertiary alicyclic amines) is 1. The predicted octanol–water partition coefficient (Wildman–Crippen LogP) is 0.266. The molecule has 3 rings (SSSR count). The van der Waals surface area contributed by atoms with Crippen molar-refractivity contribution >= 4 is 18.0 Å². The van der Waals surface area contributed by atoms with Gasteiger partial charge < -0.3 is 30.6 Å². The molecule has 1 aromatic carbocycles. The molecule has 192 valence electrons. The van der Waals surface area contributed by atoms with Crippen molar-refractivity contribution in [3.63, 3.8) is 0 Å². The maximum absolute atomic E-state index is 12.7. The third-order valence-corrected chi connectivity index (χ3v) is 6.24. The van der Waals surface area contributed by atoms with E-state index in [4.69, 9.17) is 9.84 Å². The molecule has 0 bridgehead atoms. The summed E-state index contributed by atoms with van der Waals surface area (Å²) in [5, 5.41) is 9.09. The summed E-state index contributed by atoms with van der Waals surface area (Å²) in [5.41, 5.74) is 1.69. The average Bonchev–Trinajstić information content (AvgIpc) is 3.55. The molecule has 1 saturated heterocycles. The molecule has 9 nitrogen and oxygen atoms in total. The molecule has 0 spiro atoms. The Morgan fingerprint density at radius 3 is 2.20 bits per heavy atom. The van der Waals surface area contributed by atoms with Crippen molar-refractivity contribution in [2.75, 3.05) is 19.6 Å². The SMILES string of the molecule is Cc1cc(C(=O)O)ccc1CCC(=O)N1CCC(CN(C(=O)OC(C)(C)C)C2CC2)CC1.O.[Li+].[OH-]. The van der Waals surface area contributed by atoms with E-state index in [9.17, 15) is 14.4 Å². The second-order valence-corrected chi connectivity index (χ2v) is 10.1. The van der Waals surface area contributed by atoms with Crippen molar-refractivity contribution in [1.29, 1.82) is 0 Å². The maximum atomic E-state index is 12.7. The number of nitrogens with zero attached hydrogens (tertiary/aromatic N) is 2. The van der Waals surface area contributed by atoms with Crippen molar-refractivity contribution in [2.24, 2.45) is 5.92 Å². The number of carbonyl (C=O) groups excluding carboxylic acids is 2. The van der Waals surface area contributed by atoms with Gasteiger partial charge in [-0.15, -0.1) is 0 Å². The van der Waals surface area contributed by atoms with Crippen molar-refractivity contribution in [3.8, 4) is 0 Å². The van der Waals surface area contributed by atoms with Crippen molar-refractivity contribution in [1.82, 2.24) is 9.80 Å². The van der Waals surface area contributed by atoms with E-state index in [1.165, 1.54) is 0 Å². The fraction of sp³-hybridized carbons (Fsp3) is 0.640. The van der Waals surface area contributed by atoms with Crippen LogP contribution in [0.25, 0.3) is 0 Å². The summed E-state index contributed by atoms with van der Waals surface area (Å²) in [6.07, 6.45) is 4.69. The summed E-state index contributed by atoms with van der Waals surface area (Å²) >= 11 is 0. The van der Waals surface area contributed by atoms with E-state index in [1.54, 1.807) is 18.2 Å². The molecule has 2 fully saturated rings. The molecular weight excluding hydrogens is 447 g/mol. The van der Waals surface area contributed by atoms with Crippen LogP contribution in [-0.4, -0.2) is 75.1 Å². The molecule has 1 aromatic rings. The third kappa shape index (κ3) is 9.84. The normalized spacial score (nSPS) is 15.7. The number of carboxylic acid groups (broad SMARTS) is 1. The number of ether oxygens (including phenoxy) is 1. The van der Waals surface area contributed by atoms with Gasteiger partial charge in [0.2, 0.25) is 5.91 Å². The minimum absolute atomic E-state index is 0. The van der Waals surface area contributed by atoms with Gasteiger partial charge in [-0.2, -0.15) is 0 Å². The van der Waals surface area contributed by atoms with Gasteiger partial charge in [0.1, 0.15) is 5.60 Å². The molecule has 2 aliphatic rings. The Kier molecular flexibility index (Phi) is 13.1. The molecule has 0 radical (unpaired) electrons. The van der Waals surface area contributed by atoms with Crippen LogP contribution in [0, 0.1) is 12.8 Å². The quantitative estimate of drug-likeness (QED) is 0.547. The van der Waals surface area contributed by atoms with Gasteiger partial charge in [0, 0.05) is 32.1 Å². The number of hydrogen-bond donors (Lipinski definition) is 1.